The van der Waals surface area contributed by atoms with E-state index in [-0.39, 0.29) is 11.8 Å². The van der Waals surface area contributed by atoms with Crippen molar-refractivity contribution < 1.29 is 19.5 Å². The quantitative estimate of drug-likeness (QED) is 0.812. The molecule has 2 heterocycles. The summed E-state index contributed by atoms with van der Waals surface area (Å²) in [7, 11) is 0. The molecule has 1 saturated heterocycles. The zero-order valence-electron chi connectivity index (χ0n) is 13.5. The molecule has 0 radical (unpaired) electrons. The van der Waals surface area contributed by atoms with Crippen molar-refractivity contribution in [2.24, 2.45) is 0 Å². The molecule has 2 aromatic carbocycles. The van der Waals surface area contributed by atoms with Gasteiger partial charge in [-0.3, -0.25) is 9.59 Å². The second-order valence-electron chi connectivity index (χ2n) is 5.94. The molecule has 26 heavy (non-hydrogen) atoms. The topological polar surface area (TPSA) is 86.7 Å². The number of fused-ring (bicyclic) bond motifs is 1. The normalized spacial score (nSPS) is 20.4. The van der Waals surface area contributed by atoms with Crippen molar-refractivity contribution >= 4 is 41.3 Å². The van der Waals surface area contributed by atoms with Gasteiger partial charge in [-0.15, -0.1) is 11.8 Å². The lowest BCUT2D eigenvalue weighted by Gasteiger charge is -2.14. The van der Waals surface area contributed by atoms with Crippen molar-refractivity contribution in [1.29, 1.82) is 0 Å². The van der Waals surface area contributed by atoms with Crippen molar-refractivity contribution in [1.82, 2.24) is 5.32 Å². The molecule has 0 aliphatic carbocycles. The number of aliphatic carboxylic acids is 1. The minimum atomic E-state index is -0.873. The highest BCUT2D eigenvalue weighted by Gasteiger charge is 2.36. The minimum absolute atomic E-state index is 0.325. The molecule has 6 nitrogen and oxygen atoms in total. The number of hydrogen-bond acceptors (Lipinski definition) is 5. The molecule has 0 bridgehead atoms. The number of hydrogen-bond donors (Lipinski definition) is 2. The third-order valence-corrected chi connectivity index (χ3v) is 5.31. The number of carboxylic acid groups (broad SMARTS) is 1. The first kappa shape index (κ1) is 16.4. The van der Waals surface area contributed by atoms with E-state index >= 15 is 0 Å². The van der Waals surface area contributed by atoms with E-state index in [0.717, 1.165) is 10.6 Å². The van der Waals surface area contributed by atoms with E-state index in [4.69, 9.17) is 5.11 Å². The van der Waals surface area contributed by atoms with Crippen LogP contribution < -0.4 is 10.2 Å². The highest BCUT2D eigenvalue weighted by atomic mass is 32.2. The molecule has 0 spiro atoms. The molecule has 7 heteroatoms. The zero-order chi connectivity index (χ0) is 18.3. The first-order chi connectivity index (χ1) is 12.5. The Kier molecular flexibility index (Phi) is 4.00. The maximum Gasteiger partial charge on any atom is 0.327 e. The van der Waals surface area contributed by atoms with Gasteiger partial charge in [-0.1, -0.05) is 24.3 Å². The fraction of sp³-hybridized carbons (Fsp3) is 0.105. The molecular formula is C19H14N2O4S. The van der Waals surface area contributed by atoms with Crippen molar-refractivity contribution in [2.75, 3.05) is 10.7 Å². The van der Waals surface area contributed by atoms with E-state index in [1.165, 1.54) is 16.7 Å². The highest BCUT2D eigenvalue weighted by molar-refractivity contribution is 8.03. The molecule has 2 aliphatic heterocycles. The summed E-state index contributed by atoms with van der Waals surface area (Å²) in [6, 6.07) is 13.2. The van der Waals surface area contributed by atoms with Gasteiger partial charge in [0.15, 0.2) is 0 Å². The van der Waals surface area contributed by atoms with Crippen molar-refractivity contribution in [3.05, 3.63) is 70.3 Å². The van der Waals surface area contributed by atoms with Gasteiger partial charge in [0.1, 0.15) is 6.04 Å². The number of nitrogens with one attached hydrogen (secondary N) is 1. The van der Waals surface area contributed by atoms with Crippen LogP contribution in [0, 0.1) is 0 Å². The van der Waals surface area contributed by atoms with Crippen LogP contribution in [-0.4, -0.2) is 34.7 Å². The van der Waals surface area contributed by atoms with E-state index < -0.39 is 12.0 Å². The van der Waals surface area contributed by atoms with Crippen LogP contribution in [0.3, 0.4) is 0 Å². The van der Waals surface area contributed by atoms with Crippen LogP contribution in [0.25, 0.3) is 6.08 Å². The van der Waals surface area contributed by atoms with Crippen molar-refractivity contribution in [2.45, 2.75) is 6.04 Å². The lowest BCUT2D eigenvalue weighted by atomic mass is 10.1. The number of carbonyl (C=O) groups is 3. The Morgan fingerprint density at radius 2 is 1.69 bits per heavy atom. The summed E-state index contributed by atoms with van der Waals surface area (Å²) in [4.78, 5) is 37.1. The maximum atomic E-state index is 12.5. The number of amides is 2. The Hall–Kier alpha value is -3.06. The number of carboxylic acids is 1. The number of anilines is 1. The summed E-state index contributed by atoms with van der Waals surface area (Å²) >= 11 is 1.45. The van der Waals surface area contributed by atoms with Gasteiger partial charge in [-0.2, -0.15) is 0 Å². The average molecular weight is 366 g/mol. The molecule has 1 fully saturated rings. The summed E-state index contributed by atoms with van der Waals surface area (Å²) in [5, 5.41) is 12.7. The number of benzene rings is 2. The summed E-state index contributed by atoms with van der Waals surface area (Å²) in [6.45, 7) is 0. The molecule has 1 atom stereocenters. The largest absolute Gasteiger partial charge is 0.480 e. The predicted octanol–water partition coefficient (Wildman–Crippen LogP) is 2.58. The van der Waals surface area contributed by atoms with Crippen LogP contribution >= 0.6 is 11.8 Å². The van der Waals surface area contributed by atoms with E-state index in [9.17, 15) is 14.4 Å². The fourth-order valence-corrected chi connectivity index (χ4v) is 3.96. The second-order valence-corrected chi connectivity index (χ2v) is 7.00. The molecule has 2 N–H and O–H groups in total. The zero-order valence-corrected chi connectivity index (χ0v) is 14.3. The molecule has 130 valence electrons. The van der Waals surface area contributed by atoms with Gasteiger partial charge in [0.25, 0.3) is 11.8 Å². The van der Waals surface area contributed by atoms with Gasteiger partial charge in [0.05, 0.1) is 21.8 Å². The molecular weight excluding hydrogens is 352 g/mol. The van der Waals surface area contributed by atoms with Crippen LogP contribution in [0.1, 0.15) is 26.3 Å². The van der Waals surface area contributed by atoms with Gasteiger partial charge in [0, 0.05) is 5.75 Å². The van der Waals surface area contributed by atoms with E-state index in [0.29, 0.717) is 22.6 Å². The van der Waals surface area contributed by atoms with Crippen LogP contribution in [0.4, 0.5) is 5.69 Å². The molecule has 1 unspecified atom stereocenters. The van der Waals surface area contributed by atoms with Crippen LogP contribution in [0.2, 0.25) is 0 Å². The number of imide groups is 1. The van der Waals surface area contributed by atoms with Gasteiger partial charge >= 0.3 is 5.97 Å². The monoisotopic (exact) mass is 366 g/mol. The van der Waals surface area contributed by atoms with E-state index in [1.54, 1.807) is 48.5 Å². The molecule has 0 aromatic heterocycles. The molecule has 4 rings (SSSR count). The van der Waals surface area contributed by atoms with Crippen LogP contribution in [-0.2, 0) is 4.79 Å². The molecule has 2 aliphatic rings. The van der Waals surface area contributed by atoms with Gasteiger partial charge < -0.3 is 10.4 Å². The second kappa shape index (κ2) is 6.34. The standard InChI is InChI=1S/C19H14N2O4S/c22-17-13-3-1-2-4-14(13)18(23)21(17)12-7-5-11(6-8-12)9-16-20-15(10-26-16)19(24)25/h1-9,15,20H,10H2,(H,24,25). The first-order valence-corrected chi connectivity index (χ1v) is 8.95. The Bertz CT molecular complexity index is 917. The van der Waals surface area contributed by atoms with Crippen molar-refractivity contribution in [3.63, 3.8) is 0 Å². The Morgan fingerprint density at radius 3 is 2.23 bits per heavy atom. The minimum Gasteiger partial charge on any atom is -0.480 e. The molecule has 2 aromatic rings. The van der Waals surface area contributed by atoms with Crippen LogP contribution in [0.5, 0.6) is 0 Å². The number of carbonyl (C=O) groups excluding carboxylic acids is 2. The third-order valence-electron chi connectivity index (χ3n) is 4.26. The van der Waals surface area contributed by atoms with Crippen LogP contribution in [0.15, 0.2) is 53.6 Å². The van der Waals surface area contributed by atoms with Gasteiger partial charge in [-0.25, -0.2) is 9.69 Å². The van der Waals surface area contributed by atoms with Gasteiger partial charge in [-0.05, 0) is 35.9 Å². The summed E-state index contributed by atoms with van der Waals surface area (Å²) in [6.07, 6.45) is 1.85. The van der Waals surface area contributed by atoms with E-state index in [1.807, 2.05) is 6.08 Å². The first-order valence-electron chi connectivity index (χ1n) is 7.96. The Balaban J connectivity index is 1.55. The van der Waals surface area contributed by atoms with E-state index in [2.05, 4.69) is 5.32 Å². The maximum absolute atomic E-state index is 12.5. The number of thioether (sulfide) groups is 1. The number of nitrogens with zero attached hydrogens (tertiary/aromatic N) is 1. The third kappa shape index (κ3) is 2.76. The lowest BCUT2D eigenvalue weighted by Crippen LogP contribution is -2.31. The summed E-state index contributed by atoms with van der Waals surface area (Å²) in [5.74, 6) is -1.04. The van der Waals surface area contributed by atoms with Crippen molar-refractivity contribution in [3.8, 4) is 0 Å². The predicted molar refractivity (Wildman–Crippen MR) is 99.0 cm³/mol. The Labute approximate surface area is 153 Å². The van der Waals surface area contributed by atoms with Gasteiger partial charge in [0.2, 0.25) is 0 Å². The summed E-state index contributed by atoms with van der Waals surface area (Å²) in [5.41, 5.74) is 2.19. The highest BCUT2D eigenvalue weighted by Crippen LogP contribution is 2.29. The smallest absolute Gasteiger partial charge is 0.327 e. The number of rotatable bonds is 3. The molecule has 0 saturated carbocycles. The summed E-state index contributed by atoms with van der Waals surface area (Å²) < 4.78 is 0. The lowest BCUT2D eigenvalue weighted by molar-refractivity contribution is -0.138. The average Bonchev–Trinajstić information content (AvgIpc) is 3.20. The SMILES string of the molecule is O=C(O)C1CSC(=Cc2ccc(N3C(=O)c4ccccc4C3=O)cc2)N1. The molecule has 2 amide bonds. The Morgan fingerprint density at radius 1 is 1.08 bits per heavy atom. The fourth-order valence-electron chi connectivity index (χ4n) is 2.94.